The molecule has 1 aliphatic rings. The Kier molecular flexibility index (Phi) is 4.45. The molecule has 0 radical (unpaired) electrons. The standard InChI is InChI=1S/C15H20FN3O2/c1-9(2)19(3)13-5-4-11(7-12(13)16)18-15(21)10-6-14(20)17-8-10/h4-5,7,9-10H,6,8H2,1-3H3,(H,17,20)(H,18,21). The number of anilines is 2. The topological polar surface area (TPSA) is 61.4 Å². The lowest BCUT2D eigenvalue weighted by Crippen LogP contribution is -2.27. The average Bonchev–Trinajstić information content (AvgIpc) is 2.85. The van der Waals surface area contributed by atoms with Crippen molar-refractivity contribution in [1.29, 1.82) is 0 Å². The van der Waals surface area contributed by atoms with E-state index < -0.39 is 5.92 Å². The molecule has 2 amide bonds. The molecule has 5 nitrogen and oxygen atoms in total. The second kappa shape index (κ2) is 6.11. The molecular formula is C15H20FN3O2. The number of carbonyl (C=O) groups excluding carboxylic acids is 2. The molecule has 1 aromatic rings. The third-order valence-electron chi connectivity index (χ3n) is 3.72. The summed E-state index contributed by atoms with van der Waals surface area (Å²) < 4.78 is 14.1. The Morgan fingerprint density at radius 1 is 1.48 bits per heavy atom. The minimum atomic E-state index is -0.390. The van der Waals surface area contributed by atoms with E-state index in [4.69, 9.17) is 0 Å². The summed E-state index contributed by atoms with van der Waals surface area (Å²) in [4.78, 5) is 24.9. The molecule has 21 heavy (non-hydrogen) atoms. The predicted molar refractivity (Wildman–Crippen MR) is 79.7 cm³/mol. The first-order chi connectivity index (χ1) is 9.88. The molecule has 0 aliphatic carbocycles. The molecule has 6 heteroatoms. The summed E-state index contributed by atoms with van der Waals surface area (Å²) in [7, 11) is 1.82. The molecule has 1 aliphatic heterocycles. The number of nitrogens with zero attached hydrogens (tertiary/aromatic N) is 1. The van der Waals surface area contributed by atoms with Crippen LogP contribution in [0.15, 0.2) is 18.2 Å². The van der Waals surface area contributed by atoms with E-state index in [0.29, 0.717) is 17.9 Å². The maximum absolute atomic E-state index is 14.1. The van der Waals surface area contributed by atoms with Gasteiger partial charge in [-0.25, -0.2) is 4.39 Å². The zero-order valence-electron chi connectivity index (χ0n) is 12.4. The molecule has 0 spiro atoms. The van der Waals surface area contributed by atoms with Crippen LogP contribution in [0.4, 0.5) is 15.8 Å². The Labute approximate surface area is 123 Å². The highest BCUT2D eigenvalue weighted by molar-refractivity contribution is 5.97. The number of hydrogen-bond donors (Lipinski definition) is 2. The predicted octanol–water partition coefficient (Wildman–Crippen LogP) is 1.74. The van der Waals surface area contributed by atoms with E-state index in [-0.39, 0.29) is 30.1 Å². The van der Waals surface area contributed by atoms with Gasteiger partial charge in [0.1, 0.15) is 5.82 Å². The number of hydrogen-bond acceptors (Lipinski definition) is 3. The quantitative estimate of drug-likeness (QED) is 0.889. The number of nitrogens with one attached hydrogen (secondary N) is 2. The minimum absolute atomic E-state index is 0.129. The third-order valence-corrected chi connectivity index (χ3v) is 3.72. The normalized spacial score (nSPS) is 17.8. The van der Waals surface area contributed by atoms with E-state index >= 15 is 0 Å². The van der Waals surface area contributed by atoms with Crippen molar-refractivity contribution in [2.75, 3.05) is 23.8 Å². The molecule has 1 unspecified atom stereocenters. The van der Waals surface area contributed by atoms with Crippen LogP contribution in [0.2, 0.25) is 0 Å². The van der Waals surface area contributed by atoms with Gasteiger partial charge in [0, 0.05) is 31.7 Å². The van der Waals surface area contributed by atoms with Crippen LogP contribution >= 0.6 is 0 Å². The lowest BCUT2D eigenvalue weighted by Gasteiger charge is -2.24. The summed E-state index contributed by atoms with van der Waals surface area (Å²) in [5.74, 6) is -1.17. The van der Waals surface area contributed by atoms with Crippen molar-refractivity contribution in [2.24, 2.45) is 5.92 Å². The SMILES string of the molecule is CC(C)N(C)c1ccc(NC(=O)C2CNC(=O)C2)cc1F. The summed E-state index contributed by atoms with van der Waals surface area (Å²) in [5, 5.41) is 5.25. The Morgan fingerprint density at radius 2 is 2.19 bits per heavy atom. The first-order valence-corrected chi connectivity index (χ1v) is 6.98. The summed E-state index contributed by atoms with van der Waals surface area (Å²) in [6, 6.07) is 4.79. The van der Waals surface area contributed by atoms with E-state index in [1.807, 2.05) is 25.8 Å². The van der Waals surface area contributed by atoms with E-state index in [0.717, 1.165) is 0 Å². The van der Waals surface area contributed by atoms with Gasteiger partial charge in [-0.1, -0.05) is 0 Å². The monoisotopic (exact) mass is 293 g/mol. The lowest BCUT2D eigenvalue weighted by molar-refractivity contribution is -0.123. The van der Waals surface area contributed by atoms with Crippen LogP contribution in [0.3, 0.4) is 0 Å². The fourth-order valence-corrected chi connectivity index (χ4v) is 2.18. The van der Waals surface area contributed by atoms with E-state index in [1.165, 1.54) is 6.07 Å². The average molecular weight is 293 g/mol. The molecule has 114 valence electrons. The molecular weight excluding hydrogens is 273 g/mol. The zero-order valence-corrected chi connectivity index (χ0v) is 12.4. The highest BCUT2D eigenvalue weighted by atomic mass is 19.1. The second-order valence-corrected chi connectivity index (χ2v) is 5.57. The first kappa shape index (κ1) is 15.3. The number of rotatable bonds is 4. The maximum Gasteiger partial charge on any atom is 0.229 e. The molecule has 0 saturated carbocycles. The Morgan fingerprint density at radius 3 is 2.71 bits per heavy atom. The lowest BCUT2D eigenvalue weighted by atomic mass is 10.1. The molecule has 1 heterocycles. The molecule has 1 aromatic carbocycles. The molecule has 1 fully saturated rings. The number of carbonyl (C=O) groups is 2. The van der Waals surface area contributed by atoms with Crippen LogP contribution in [0.5, 0.6) is 0 Å². The highest BCUT2D eigenvalue weighted by Crippen LogP contribution is 2.24. The summed E-state index contributed by atoms with van der Waals surface area (Å²) >= 11 is 0. The van der Waals surface area contributed by atoms with Crippen molar-refractivity contribution < 1.29 is 14.0 Å². The summed E-state index contributed by atoms with van der Waals surface area (Å²) in [5.41, 5.74) is 0.887. The zero-order chi connectivity index (χ0) is 15.6. The van der Waals surface area contributed by atoms with Crippen LogP contribution in [0.25, 0.3) is 0 Å². The fraction of sp³-hybridized carbons (Fsp3) is 0.467. The van der Waals surface area contributed by atoms with Crippen LogP contribution in [0, 0.1) is 11.7 Å². The van der Waals surface area contributed by atoms with Gasteiger partial charge in [0.05, 0.1) is 11.6 Å². The number of amides is 2. The molecule has 0 bridgehead atoms. The maximum atomic E-state index is 14.1. The number of halogens is 1. The van der Waals surface area contributed by atoms with Gasteiger partial charge < -0.3 is 15.5 Å². The van der Waals surface area contributed by atoms with Gasteiger partial charge >= 0.3 is 0 Å². The van der Waals surface area contributed by atoms with Gasteiger partial charge in [-0.15, -0.1) is 0 Å². The smallest absolute Gasteiger partial charge is 0.229 e. The van der Waals surface area contributed by atoms with Crippen LogP contribution in [0.1, 0.15) is 20.3 Å². The third kappa shape index (κ3) is 3.51. The molecule has 2 N–H and O–H groups in total. The van der Waals surface area contributed by atoms with Gasteiger partial charge in [0.25, 0.3) is 0 Å². The number of benzene rings is 1. The molecule has 1 saturated heterocycles. The first-order valence-electron chi connectivity index (χ1n) is 6.98. The van der Waals surface area contributed by atoms with Crippen molar-refractivity contribution >= 4 is 23.2 Å². The van der Waals surface area contributed by atoms with Crippen LogP contribution < -0.4 is 15.5 Å². The van der Waals surface area contributed by atoms with Gasteiger partial charge in [0.2, 0.25) is 11.8 Å². The Bertz CT molecular complexity index is 560. The van der Waals surface area contributed by atoms with E-state index in [9.17, 15) is 14.0 Å². The van der Waals surface area contributed by atoms with Crippen molar-refractivity contribution in [3.8, 4) is 0 Å². The van der Waals surface area contributed by atoms with E-state index in [2.05, 4.69) is 10.6 Å². The fourth-order valence-electron chi connectivity index (χ4n) is 2.18. The Balaban J connectivity index is 2.06. The second-order valence-electron chi connectivity index (χ2n) is 5.57. The summed E-state index contributed by atoms with van der Waals surface area (Å²) in [6.45, 7) is 4.28. The van der Waals surface area contributed by atoms with Crippen LogP contribution in [-0.4, -0.2) is 31.4 Å². The van der Waals surface area contributed by atoms with Crippen molar-refractivity contribution in [3.05, 3.63) is 24.0 Å². The van der Waals surface area contributed by atoms with Crippen molar-refractivity contribution in [3.63, 3.8) is 0 Å². The largest absolute Gasteiger partial charge is 0.370 e. The van der Waals surface area contributed by atoms with Crippen molar-refractivity contribution in [1.82, 2.24) is 5.32 Å². The van der Waals surface area contributed by atoms with Crippen LogP contribution in [-0.2, 0) is 9.59 Å². The van der Waals surface area contributed by atoms with Gasteiger partial charge in [-0.2, -0.15) is 0 Å². The van der Waals surface area contributed by atoms with Gasteiger partial charge in [-0.3, -0.25) is 9.59 Å². The Hall–Kier alpha value is -2.11. The molecule has 1 atom stereocenters. The van der Waals surface area contributed by atoms with Crippen molar-refractivity contribution in [2.45, 2.75) is 26.3 Å². The molecule has 0 aromatic heterocycles. The molecule has 2 rings (SSSR count). The minimum Gasteiger partial charge on any atom is -0.370 e. The van der Waals surface area contributed by atoms with Gasteiger partial charge in [0.15, 0.2) is 0 Å². The summed E-state index contributed by atoms with van der Waals surface area (Å²) in [6.07, 6.45) is 0.183. The van der Waals surface area contributed by atoms with E-state index in [1.54, 1.807) is 12.1 Å². The highest BCUT2D eigenvalue weighted by Gasteiger charge is 2.28. The van der Waals surface area contributed by atoms with Gasteiger partial charge in [-0.05, 0) is 32.0 Å².